The lowest BCUT2D eigenvalue weighted by Gasteiger charge is -2.29. The van der Waals surface area contributed by atoms with Crippen molar-refractivity contribution < 1.29 is 22.8 Å². The number of carbonyl (C=O) groups is 2. The van der Waals surface area contributed by atoms with E-state index in [1.54, 1.807) is 0 Å². The summed E-state index contributed by atoms with van der Waals surface area (Å²) in [6.45, 7) is 0.783. The van der Waals surface area contributed by atoms with Crippen LogP contribution in [0.5, 0.6) is 0 Å². The van der Waals surface area contributed by atoms with Gasteiger partial charge in [0.05, 0.1) is 0 Å². The van der Waals surface area contributed by atoms with E-state index in [9.17, 15) is 32.3 Å². The van der Waals surface area contributed by atoms with Crippen molar-refractivity contribution in [1.29, 1.82) is 0 Å². The van der Waals surface area contributed by atoms with E-state index in [1.807, 2.05) is 5.32 Å². The Morgan fingerprint density at radius 2 is 1.73 bits per heavy atom. The monoisotopic (exact) mass is 320 g/mol. The molecular weight excluding hydrogens is 309 g/mol. The number of amides is 2. The van der Waals surface area contributed by atoms with Crippen LogP contribution < -0.4 is 21.9 Å². The van der Waals surface area contributed by atoms with Crippen molar-refractivity contribution in [3.8, 4) is 0 Å². The smallest absolute Gasteiger partial charge is 0.331 e. The second-order valence-corrected chi connectivity index (χ2v) is 4.81. The molecule has 0 spiro atoms. The number of hydrogen-bond acceptors (Lipinski definition) is 4. The van der Waals surface area contributed by atoms with Crippen LogP contribution in [0.25, 0.3) is 0 Å². The van der Waals surface area contributed by atoms with E-state index in [4.69, 9.17) is 0 Å². The first-order valence-corrected chi connectivity index (χ1v) is 5.92. The molecule has 120 valence electrons. The Morgan fingerprint density at radius 3 is 2.18 bits per heavy atom. The van der Waals surface area contributed by atoms with Gasteiger partial charge in [-0.05, 0) is 0 Å². The number of rotatable bonds is 1. The van der Waals surface area contributed by atoms with Gasteiger partial charge in [0.25, 0.3) is 11.5 Å². The minimum absolute atomic E-state index is 0.432. The quantitative estimate of drug-likeness (QED) is 0.688. The summed E-state index contributed by atoms with van der Waals surface area (Å²) in [6, 6.07) is 0. The van der Waals surface area contributed by atoms with Crippen LogP contribution in [-0.2, 0) is 29.2 Å². The summed E-state index contributed by atoms with van der Waals surface area (Å²) in [5, 5.41) is 3.36. The molecule has 0 aliphatic carbocycles. The predicted octanol–water partition coefficient (Wildman–Crippen LogP) is -1.07. The highest BCUT2D eigenvalue weighted by Crippen LogP contribution is 2.44. The number of carbonyl (C=O) groups excluding carboxylic acids is 2. The Labute approximate surface area is 120 Å². The Bertz CT molecular complexity index is 807. The fraction of sp³-hybridized carbons (Fsp3) is 0.455. The van der Waals surface area contributed by atoms with Crippen LogP contribution in [0.2, 0.25) is 0 Å². The SMILES string of the molecule is CC(=O)N[C@]1(C(F)(F)F)C(=O)Nc2c1c(=O)n(C)c(=O)n2C. The van der Waals surface area contributed by atoms with E-state index in [0.717, 1.165) is 21.0 Å². The van der Waals surface area contributed by atoms with Gasteiger partial charge < -0.3 is 10.6 Å². The highest BCUT2D eigenvalue weighted by atomic mass is 19.4. The third-order valence-electron chi connectivity index (χ3n) is 3.40. The molecule has 2 rings (SSSR count). The molecule has 0 bridgehead atoms. The maximum Gasteiger partial charge on any atom is 0.425 e. The van der Waals surface area contributed by atoms with Crippen molar-refractivity contribution in [2.75, 3.05) is 5.32 Å². The van der Waals surface area contributed by atoms with Crippen molar-refractivity contribution in [2.24, 2.45) is 14.1 Å². The summed E-state index contributed by atoms with van der Waals surface area (Å²) in [4.78, 5) is 47.0. The number of hydrogen-bond donors (Lipinski definition) is 2. The number of nitrogens with one attached hydrogen (secondary N) is 2. The molecule has 11 heteroatoms. The number of alkyl halides is 3. The maximum atomic E-state index is 13.5. The predicted molar refractivity (Wildman–Crippen MR) is 67.1 cm³/mol. The molecule has 0 saturated carbocycles. The van der Waals surface area contributed by atoms with Crippen molar-refractivity contribution in [3.05, 3.63) is 26.4 Å². The average Bonchev–Trinajstić information content (AvgIpc) is 2.67. The van der Waals surface area contributed by atoms with Crippen LogP contribution >= 0.6 is 0 Å². The maximum absolute atomic E-state index is 13.5. The van der Waals surface area contributed by atoms with Gasteiger partial charge in [0.2, 0.25) is 11.4 Å². The van der Waals surface area contributed by atoms with E-state index < -0.39 is 46.2 Å². The second-order valence-electron chi connectivity index (χ2n) is 4.81. The fourth-order valence-corrected chi connectivity index (χ4v) is 2.37. The summed E-state index contributed by atoms with van der Waals surface area (Å²) in [7, 11) is 2.07. The normalized spacial score (nSPS) is 20.5. The molecule has 1 aromatic heterocycles. The summed E-state index contributed by atoms with van der Waals surface area (Å²) in [5.41, 5.74) is -6.80. The van der Waals surface area contributed by atoms with Gasteiger partial charge in [0.1, 0.15) is 11.4 Å². The van der Waals surface area contributed by atoms with Gasteiger partial charge in [-0.1, -0.05) is 0 Å². The lowest BCUT2D eigenvalue weighted by Crippen LogP contribution is -2.62. The molecule has 2 amide bonds. The van der Waals surface area contributed by atoms with Crippen LogP contribution in [0.3, 0.4) is 0 Å². The van der Waals surface area contributed by atoms with Crippen LogP contribution in [0.1, 0.15) is 12.5 Å². The largest absolute Gasteiger partial charge is 0.425 e. The number of aromatic nitrogens is 2. The third-order valence-corrected chi connectivity index (χ3v) is 3.40. The molecule has 1 atom stereocenters. The van der Waals surface area contributed by atoms with Crippen LogP contribution in [-0.4, -0.2) is 27.1 Å². The molecule has 1 aliphatic rings. The van der Waals surface area contributed by atoms with Gasteiger partial charge in [0.15, 0.2) is 0 Å². The first-order chi connectivity index (χ1) is 9.95. The lowest BCUT2D eigenvalue weighted by atomic mass is 9.92. The molecule has 1 aliphatic heterocycles. The number of halogens is 3. The second kappa shape index (κ2) is 4.45. The summed E-state index contributed by atoms with van der Waals surface area (Å²) < 4.78 is 41.7. The molecule has 2 heterocycles. The van der Waals surface area contributed by atoms with Crippen molar-refractivity contribution in [1.82, 2.24) is 14.5 Å². The number of nitrogens with zero attached hydrogens (tertiary/aromatic N) is 2. The first-order valence-electron chi connectivity index (χ1n) is 5.92. The Hall–Kier alpha value is -2.59. The molecule has 1 aromatic rings. The van der Waals surface area contributed by atoms with Gasteiger partial charge in [-0.15, -0.1) is 0 Å². The Morgan fingerprint density at radius 1 is 1.18 bits per heavy atom. The van der Waals surface area contributed by atoms with Gasteiger partial charge in [-0.3, -0.25) is 23.5 Å². The highest BCUT2D eigenvalue weighted by molar-refractivity contribution is 6.07. The van der Waals surface area contributed by atoms with E-state index in [1.165, 1.54) is 5.32 Å². The van der Waals surface area contributed by atoms with E-state index in [-0.39, 0.29) is 0 Å². The Balaban J connectivity index is 3.00. The fourth-order valence-electron chi connectivity index (χ4n) is 2.37. The van der Waals surface area contributed by atoms with E-state index >= 15 is 0 Å². The van der Waals surface area contributed by atoms with Crippen molar-refractivity contribution >= 4 is 17.6 Å². The minimum Gasteiger partial charge on any atom is -0.331 e. The van der Waals surface area contributed by atoms with Gasteiger partial charge in [0, 0.05) is 21.0 Å². The zero-order valence-corrected chi connectivity index (χ0v) is 11.7. The van der Waals surface area contributed by atoms with E-state index in [2.05, 4.69) is 0 Å². The highest BCUT2D eigenvalue weighted by Gasteiger charge is 2.68. The Kier molecular flexibility index (Phi) is 3.19. The molecule has 0 aromatic carbocycles. The van der Waals surface area contributed by atoms with Crippen LogP contribution in [0, 0.1) is 0 Å². The van der Waals surface area contributed by atoms with Crippen molar-refractivity contribution in [3.63, 3.8) is 0 Å². The number of anilines is 1. The summed E-state index contributed by atoms with van der Waals surface area (Å²) in [6.07, 6.45) is -5.28. The van der Waals surface area contributed by atoms with Crippen molar-refractivity contribution in [2.45, 2.75) is 18.6 Å². The zero-order chi connectivity index (χ0) is 17.0. The molecule has 2 N–H and O–H groups in total. The summed E-state index contributed by atoms with van der Waals surface area (Å²) in [5.74, 6) is -3.40. The first kappa shape index (κ1) is 15.8. The molecular formula is C11H11F3N4O4. The molecule has 0 unspecified atom stereocenters. The van der Waals surface area contributed by atoms with Crippen LogP contribution in [0.15, 0.2) is 9.59 Å². The third kappa shape index (κ3) is 1.77. The standard InChI is InChI=1S/C11H11F3N4O4/c1-4(19)16-10(11(12,13)14)5-6(15-8(10)21)17(2)9(22)18(3)7(5)20/h1-3H3,(H,15,21)(H,16,19)/t10-/m0/s1. The van der Waals surface area contributed by atoms with Gasteiger partial charge >= 0.3 is 11.9 Å². The van der Waals surface area contributed by atoms with E-state index in [0.29, 0.717) is 9.13 Å². The lowest BCUT2D eigenvalue weighted by molar-refractivity contribution is -0.200. The van der Waals surface area contributed by atoms with Crippen LogP contribution in [0.4, 0.5) is 19.0 Å². The topological polar surface area (TPSA) is 102 Å². The van der Waals surface area contributed by atoms with Gasteiger partial charge in [-0.25, -0.2) is 4.79 Å². The number of fused-ring (bicyclic) bond motifs is 1. The summed E-state index contributed by atoms with van der Waals surface area (Å²) >= 11 is 0. The zero-order valence-electron chi connectivity index (χ0n) is 11.7. The minimum atomic E-state index is -5.28. The molecule has 22 heavy (non-hydrogen) atoms. The average molecular weight is 320 g/mol. The molecule has 0 fully saturated rings. The molecule has 0 radical (unpaired) electrons. The molecule has 8 nitrogen and oxygen atoms in total. The van der Waals surface area contributed by atoms with Gasteiger partial charge in [-0.2, -0.15) is 13.2 Å². The molecule has 0 saturated heterocycles.